The predicted octanol–water partition coefficient (Wildman–Crippen LogP) is 2.95. The van der Waals surface area contributed by atoms with Crippen LogP contribution in [0.15, 0.2) is 30.5 Å². The van der Waals surface area contributed by atoms with E-state index in [1.165, 1.54) is 0 Å². The normalized spacial score (nSPS) is 12.2. The van der Waals surface area contributed by atoms with Crippen LogP contribution in [0.1, 0.15) is 39.2 Å². The second kappa shape index (κ2) is 9.21. The van der Waals surface area contributed by atoms with Crippen LogP contribution in [0, 0.1) is 5.92 Å². The molecule has 146 valence electrons. The summed E-state index contributed by atoms with van der Waals surface area (Å²) in [6, 6.07) is 7.31. The molecule has 2 aromatic rings. The lowest BCUT2D eigenvalue weighted by Crippen LogP contribution is -2.38. The van der Waals surface area contributed by atoms with E-state index >= 15 is 0 Å². The number of ether oxygens (including phenoxy) is 3. The first kappa shape index (κ1) is 20.5. The second-order valence-electron chi connectivity index (χ2n) is 6.23. The molecule has 27 heavy (non-hydrogen) atoms. The molecule has 1 N–H and O–H groups in total. The minimum Gasteiger partial charge on any atom is -0.465 e. The quantitative estimate of drug-likeness (QED) is 0.433. The Hall–Kier alpha value is -2.83. The summed E-state index contributed by atoms with van der Waals surface area (Å²) in [6.07, 6.45) is 1.21. The summed E-state index contributed by atoms with van der Waals surface area (Å²) in [5, 5.41) is 0.724. The maximum Gasteiger partial charge on any atom is 0.321 e. The Labute approximate surface area is 158 Å². The van der Waals surface area contributed by atoms with Gasteiger partial charge < -0.3 is 19.2 Å². The molecule has 0 bridgehead atoms. The topological polar surface area (TPSA) is 94.7 Å². The van der Waals surface area contributed by atoms with Gasteiger partial charge in [-0.3, -0.25) is 14.4 Å². The number of hydrogen-bond donors (Lipinski definition) is 1. The first-order valence-corrected chi connectivity index (χ1v) is 9.00. The number of H-pyrrole nitrogens is 1. The van der Waals surface area contributed by atoms with Crippen LogP contribution in [0.3, 0.4) is 0 Å². The number of esters is 3. The number of nitrogens with one attached hydrogen (secondary N) is 1. The fourth-order valence-electron chi connectivity index (χ4n) is 2.93. The number of hydrogen-bond acceptors (Lipinski definition) is 6. The summed E-state index contributed by atoms with van der Waals surface area (Å²) in [5.41, 5.74) is 1.27. The molecule has 0 aliphatic heterocycles. The van der Waals surface area contributed by atoms with Crippen LogP contribution >= 0.6 is 0 Å². The minimum absolute atomic E-state index is 0.0779. The third-order valence-corrected chi connectivity index (χ3v) is 3.98. The van der Waals surface area contributed by atoms with Crippen molar-refractivity contribution in [2.24, 2.45) is 5.92 Å². The van der Waals surface area contributed by atoms with Gasteiger partial charge in [-0.25, -0.2) is 0 Å². The third kappa shape index (κ3) is 4.67. The van der Waals surface area contributed by atoms with E-state index < -0.39 is 35.8 Å². The van der Waals surface area contributed by atoms with E-state index in [1.807, 2.05) is 24.3 Å². The highest BCUT2D eigenvalue weighted by atomic mass is 16.6. The molecule has 0 fully saturated rings. The standard InChI is InChI=1S/C20H25NO6/c1-5-25-18(22)17(19(23)26-6-2)16(20(24)27-12(3)4)14-11-21-15-10-8-7-9-13(14)15/h7-12,16-17,21H,5-6H2,1-4H3/t16-/m0/s1. The van der Waals surface area contributed by atoms with E-state index in [2.05, 4.69) is 4.98 Å². The van der Waals surface area contributed by atoms with Crippen molar-refractivity contribution in [3.63, 3.8) is 0 Å². The van der Waals surface area contributed by atoms with Crippen molar-refractivity contribution >= 4 is 28.8 Å². The van der Waals surface area contributed by atoms with E-state index in [0.29, 0.717) is 5.56 Å². The van der Waals surface area contributed by atoms with Gasteiger partial charge in [0.1, 0.15) is 5.92 Å². The second-order valence-corrected chi connectivity index (χ2v) is 6.23. The lowest BCUT2D eigenvalue weighted by molar-refractivity contribution is -0.169. The minimum atomic E-state index is -1.45. The molecule has 0 saturated carbocycles. The monoisotopic (exact) mass is 375 g/mol. The Bertz CT molecular complexity index is 792. The molecule has 0 amide bonds. The van der Waals surface area contributed by atoms with Crippen molar-refractivity contribution < 1.29 is 28.6 Å². The lowest BCUT2D eigenvalue weighted by atomic mass is 9.85. The first-order chi connectivity index (χ1) is 12.9. The van der Waals surface area contributed by atoms with Crippen molar-refractivity contribution in [3.05, 3.63) is 36.0 Å². The maximum absolute atomic E-state index is 12.9. The molecule has 0 unspecified atom stereocenters. The Morgan fingerprint density at radius 1 is 0.963 bits per heavy atom. The number of benzene rings is 1. The summed E-state index contributed by atoms with van der Waals surface area (Å²) in [4.78, 5) is 41.1. The number of aromatic nitrogens is 1. The molecule has 1 atom stereocenters. The Morgan fingerprint density at radius 2 is 1.56 bits per heavy atom. The highest BCUT2D eigenvalue weighted by Crippen LogP contribution is 2.34. The van der Waals surface area contributed by atoms with Gasteiger partial charge in [0.05, 0.1) is 19.3 Å². The van der Waals surface area contributed by atoms with Crippen LogP contribution < -0.4 is 0 Å². The Kier molecular flexibility index (Phi) is 6.98. The van der Waals surface area contributed by atoms with E-state index in [1.54, 1.807) is 33.9 Å². The van der Waals surface area contributed by atoms with Crippen LogP contribution in [-0.4, -0.2) is 42.2 Å². The van der Waals surface area contributed by atoms with E-state index in [-0.39, 0.29) is 13.2 Å². The number of aromatic amines is 1. The van der Waals surface area contributed by atoms with E-state index in [4.69, 9.17) is 14.2 Å². The molecule has 0 spiro atoms. The SMILES string of the molecule is CCOC(=O)C(C(=O)OCC)[C@@H](C(=O)OC(C)C)c1c[nH]c2ccccc12. The predicted molar refractivity (Wildman–Crippen MR) is 99.0 cm³/mol. The van der Waals surface area contributed by atoms with Crippen LogP contribution in [0.25, 0.3) is 10.9 Å². The first-order valence-electron chi connectivity index (χ1n) is 9.00. The number of carbonyl (C=O) groups is 3. The van der Waals surface area contributed by atoms with Gasteiger partial charge in [-0.15, -0.1) is 0 Å². The summed E-state index contributed by atoms with van der Waals surface area (Å²) in [6.45, 7) is 6.82. The number of fused-ring (bicyclic) bond motifs is 1. The van der Waals surface area contributed by atoms with Gasteiger partial charge in [0.15, 0.2) is 5.92 Å². The van der Waals surface area contributed by atoms with Gasteiger partial charge in [0.25, 0.3) is 0 Å². The van der Waals surface area contributed by atoms with Crippen molar-refractivity contribution in [3.8, 4) is 0 Å². The van der Waals surface area contributed by atoms with Crippen LogP contribution in [-0.2, 0) is 28.6 Å². The smallest absolute Gasteiger partial charge is 0.321 e. The van der Waals surface area contributed by atoms with Gasteiger partial charge in [0, 0.05) is 17.1 Å². The Morgan fingerprint density at radius 3 is 2.11 bits per heavy atom. The summed E-state index contributed by atoms with van der Waals surface area (Å²) in [5.74, 6) is -4.93. The summed E-state index contributed by atoms with van der Waals surface area (Å²) in [7, 11) is 0. The van der Waals surface area contributed by atoms with Gasteiger partial charge in [-0.05, 0) is 39.3 Å². The van der Waals surface area contributed by atoms with Gasteiger partial charge in [0.2, 0.25) is 0 Å². The average molecular weight is 375 g/mol. The third-order valence-electron chi connectivity index (χ3n) is 3.98. The number of para-hydroxylation sites is 1. The van der Waals surface area contributed by atoms with Crippen molar-refractivity contribution in [2.45, 2.75) is 39.7 Å². The molecule has 7 heteroatoms. The van der Waals surface area contributed by atoms with Crippen LogP contribution in [0.2, 0.25) is 0 Å². The van der Waals surface area contributed by atoms with Crippen molar-refractivity contribution in [1.82, 2.24) is 4.98 Å². The number of carbonyl (C=O) groups excluding carboxylic acids is 3. The largest absolute Gasteiger partial charge is 0.465 e. The molecule has 0 aliphatic rings. The van der Waals surface area contributed by atoms with Gasteiger partial charge >= 0.3 is 17.9 Å². The molecular formula is C20H25NO6. The molecule has 0 radical (unpaired) electrons. The van der Waals surface area contributed by atoms with Crippen LogP contribution in [0.4, 0.5) is 0 Å². The molecule has 0 aliphatic carbocycles. The zero-order valence-electron chi connectivity index (χ0n) is 16.0. The molecule has 0 saturated heterocycles. The zero-order chi connectivity index (χ0) is 20.0. The molecule has 7 nitrogen and oxygen atoms in total. The zero-order valence-corrected chi connectivity index (χ0v) is 16.0. The average Bonchev–Trinajstić information content (AvgIpc) is 3.02. The highest BCUT2D eigenvalue weighted by molar-refractivity contribution is 6.03. The fourth-order valence-corrected chi connectivity index (χ4v) is 2.93. The van der Waals surface area contributed by atoms with Crippen molar-refractivity contribution in [1.29, 1.82) is 0 Å². The van der Waals surface area contributed by atoms with E-state index in [0.717, 1.165) is 10.9 Å². The molecule has 2 rings (SSSR count). The van der Waals surface area contributed by atoms with E-state index in [9.17, 15) is 14.4 Å². The van der Waals surface area contributed by atoms with Gasteiger partial charge in [-0.1, -0.05) is 18.2 Å². The van der Waals surface area contributed by atoms with Crippen LogP contribution in [0.5, 0.6) is 0 Å². The molecule has 1 heterocycles. The fraction of sp³-hybridized carbons (Fsp3) is 0.450. The number of rotatable bonds is 8. The Balaban J connectivity index is 2.59. The summed E-state index contributed by atoms with van der Waals surface area (Å²) < 4.78 is 15.5. The highest BCUT2D eigenvalue weighted by Gasteiger charge is 2.44. The summed E-state index contributed by atoms with van der Waals surface area (Å²) >= 11 is 0. The molecule has 1 aromatic carbocycles. The van der Waals surface area contributed by atoms with Gasteiger partial charge in [-0.2, -0.15) is 0 Å². The molecule has 1 aromatic heterocycles. The molecular weight excluding hydrogens is 350 g/mol. The maximum atomic E-state index is 12.9. The van der Waals surface area contributed by atoms with Crippen molar-refractivity contribution in [2.75, 3.05) is 13.2 Å². The lowest BCUT2D eigenvalue weighted by Gasteiger charge is -2.23.